The number of nitrogens with one attached hydrogen (secondary N) is 1. The molecule has 0 aliphatic rings. The van der Waals surface area contributed by atoms with E-state index in [1.54, 1.807) is 17.9 Å². The lowest BCUT2D eigenvalue weighted by Crippen LogP contribution is -1.98. The van der Waals surface area contributed by atoms with E-state index in [2.05, 4.69) is 15.1 Å². The van der Waals surface area contributed by atoms with Crippen molar-refractivity contribution in [3.8, 4) is 11.4 Å². The summed E-state index contributed by atoms with van der Waals surface area (Å²) in [5, 5.41) is 13.3. The van der Waals surface area contributed by atoms with Crippen LogP contribution in [0, 0.1) is 12.7 Å². The molecule has 0 saturated heterocycles. The van der Waals surface area contributed by atoms with E-state index in [4.69, 9.17) is 5.11 Å². The van der Waals surface area contributed by atoms with Crippen molar-refractivity contribution in [2.75, 3.05) is 0 Å². The van der Waals surface area contributed by atoms with Crippen LogP contribution in [0.15, 0.2) is 18.3 Å². The first-order valence-corrected chi connectivity index (χ1v) is 5.89. The van der Waals surface area contributed by atoms with Gasteiger partial charge >= 0.3 is 5.97 Å². The number of aromatic carboxylic acids is 1. The van der Waals surface area contributed by atoms with Crippen LogP contribution in [0.5, 0.6) is 0 Å². The van der Waals surface area contributed by atoms with Crippen LogP contribution < -0.4 is 0 Å². The highest BCUT2D eigenvalue weighted by Crippen LogP contribution is 2.25. The first-order valence-electron chi connectivity index (χ1n) is 5.89. The minimum atomic E-state index is -1.21. The van der Waals surface area contributed by atoms with Gasteiger partial charge in [-0.2, -0.15) is 5.10 Å². The lowest BCUT2D eigenvalue weighted by molar-refractivity contribution is 0.0698. The van der Waals surface area contributed by atoms with Crippen molar-refractivity contribution in [1.82, 2.24) is 19.7 Å². The summed E-state index contributed by atoms with van der Waals surface area (Å²) < 4.78 is 15.1. The Morgan fingerprint density at radius 1 is 1.45 bits per heavy atom. The number of carbonyl (C=O) groups is 1. The normalized spacial score (nSPS) is 11.2. The summed E-state index contributed by atoms with van der Waals surface area (Å²) in [5.41, 5.74) is 1.92. The van der Waals surface area contributed by atoms with Crippen molar-refractivity contribution in [3.05, 3.63) is 35.4 Å². The average Bonchev–Trinajstić information content (AvgIpc) is 2.90. The Bertz CT molecular complexity index is 834. The molecule has 2 aromatic heterocycles. The van der Waals surface area contributed by atoms with Crippen molar-refractivity contribution in [2.45, 2.75) is 6.92 Å². The highest BCUT2D eigenvalue weighted by atomic mass is 19.1. The fraction of sp³-hybridized carbons (Fsp3) is 0.154. The molecule has 2 N–H and O–H groups in total. The molecule has 0 saturated carbocycles. The van der Waals surface area contributed by atoms with E-state index in [1.807, 2.05) is 6.92 Å². The number of aryl methyl sites for hydroxylation is 2. The van der Waals surface area contributed by atoms with E-state index < -0.39 is 11.8 Å². The molecule has 0 amide bonds. The second-order valence-corrected chi connectivity index (χ2v) is 4.54. The maximum absolute atomic E-state index is 13.4. The van der Waals surface area contributed by atoms with Crippen LogP contribution in [0.4, 0.5) is 4.39 Å². The largest absolute Gasteiger partial charge is 0.478 e. The average molecular weight is 274 g/mol. The van der Waals surface area contributed by atoms with Gasteiger partial charge in [0.1, 0.15) is 17.2 Å². The van der Waals surface area contributed by atoms with Gasteiger partial charge in [0.05, 0.1) is 22.3 Å². The molecule has 0 aliphatic heterocycles. The molecule has 0 spiro atoms. The summed E-state index contributed by atoms with van der Waals surface area (Å²) in [7, 11) is 1.78. The van der Waals surface area contributed by atoms with Gasteiger partial charge in [-0.05, 0) is 19.1 Å². The molecule has 0 radical (unpaired) electrons. The molecule has 1 aromatic carbocycles. The van der Waals surface area contributed by atoms with E-state index in [9.17, 15) is 9.18 Å². The predicted octanol–water partition coefficient (Wildman–Crippen LogP) is 2.11. The number of imidazole rings is 1. The Labute approximate surface area is 112 Å². The Kier molecular flexibility index (Phi) is 2.56. The highest BCUT2D eigenvalue weighted by molar-refractivity contribution is 6.01. The van der Waals surface area contributed by atoms with Crippen molar-refractivity contribution >= 4 is 17.0 Å². The lowest BCUT2D eigenvalue weighted by Gasteiger charge is -1.95. The number of aromatic nitrogens is 4. The quantitative estimate of drug-likeness (QED) is 0.749. The van der Waals surface area contributed by atoms with Crippen molar-refractivity contribution < 1.29 is 14.3 Å². The Hall–Kier alpha value is -2.70. The Morgan fingerprint density at radius 3 is 2.80 bits per heavy atom. The van der Waals surface area contributed by atoms with Crippen LogP contribution >= 0.6 is 0 Å². The molecular formula is C13H11FN4O2. The summed E-state index contributed by atoms with van der Waals surface area (Å²) in [6, 6.07) is 2.19. The van der Waals surface area contributed by atoms with Crippen LogP contribution in [-0.2, 0) is 7.05 Å². The monoisotopic (exact) mass is 274 g/mol. The van der Waals surface area contributed by atoms with Gasteiger partial charge in [0.2, 0.25) is 0 Å². The number of fused-ring (bicyclic) bond motifs is 1. The molecule has 0 atom stereocenters. The fourth-order valence-corrected chi connectivity index (χ4v) is 2.20. The first-order chi connectivity index (χ1) is 9.45. The number of halogens is 1. The van der Waals surface area contributed by atoms with E-state index in [0.29, 0.717) is 11.3 Å². The van der Waals surface area contributed by atoms with E-state index in [1.165, 1.54) is 6.07 Å². The number of H-pyrrole nitrogens is 1. The summed E-state index contributed by atoms with van der Waals surface area (Å²) in [4.78, 5) is 18.3. The standard InChI is InChI=1S/C13H11FN4O2/c1-6-9(5-18(2)17-6)12-15-10-4-7(14)3-8(13(19)20)11(10)16-12/h3-5H,1-2H3,(H,15,16)(H,19,20). The molecule has 0 bridgehead atoms. The van der Waals surface area contributed by atoms with Crippen LogP contribution in [0.1, 0.15) is 16.1 Å². The van der Waals surface area contributed by atoms with E-state index >= 15 is 0 Å². The third-order valence-corrected chi connectivity index (χ3v) is 3.05. The number of hydrogen-bond acceptors (Lipinski definition) is 3. The maximum Gasteiger partial charge on any atom is 0.338 e. The molecule has 0 fully saturated rings. The molecular weight excluding hydrogens is 263 g/mol. The second-order valence-electron chi connectivity index (χ2n) is 4.54. The minimum Gasteiger partial charge on any atom is -0.478 e. The summed E-state index contributed by atoms with van der Waals surface area (Å²) in [5.74, 6) is -1.36. The van der Waals surface area contributed by atoms with Crippen LogP contribution in [-0.4, -0.2) is 30.8 Å². The summed E-state index contributed by atoms with van der Waals surface area (Å²) >= 11 is 0. The van der Waals surface area contributed by atoms with Gasteiger partial charge in [0, 0.05) is 13.2 Å². The zero-order chi connectivity index (χ0) is 14.4. The summed E-state index contributed by atoms with van der Waals surface area (Å²) in [6.07, 6.45) is 1.77. The van der Waals surface area contributed by atoms with Gasteiger partial charge in [-0.3, -0.25) is 4.68 Å². The SMILES string of the molecule is Cc1nn(C)cc1-c1nc2c(C(=O)O)cc(F)cc2[nH]1. The van der Waals surface area contributed by atoms with Gasteiger partial charge < -0.3 is 10.1 Å². The number of nitrogens with zero attached hydrogens (tertiary/aromatic N) is 3. The van der Waals surface area contributed by atoms with E-state index in [-0.39, 0.29) is 11.1 Å². The van der Waals surface area contributed by atoms with Crippen LogP contribution in [0.2, 0.25) is 0 Å². The molecule has 7 heteroatoms. The highest BCUT2D eigenvalue weighted by Gasteiger charge is 2.17. The van der Waals surface area contributed by atoms with Crippen molar-refractivity contribution in [3.63, 3.8) is 0 Å². The molecule has 3 aromatic rings. The van der Waals surface area contributed by atoms with Gasteiger partial charge in [-0.1, -0.05) is 0 Å². The topological polar surface area (TPSA) is 83.8 Å². The van der Waals surface area contributed by atoms with Crippen LogP contribution in [0.3, 0.4) is 0 Å². The number of hydrogen-bond donors (Lipinski definition) is 2. The fourth-order valence-electron chi connectivity index (χ4n) is 2.20. The number of rotatable bonds is 2. The zero-order valence-electron chi connectivity index (χ0n) is 10.8. The summed E-state index contributed by atoms with van der Waals surface area (Å²) in [6.45, 7) is 1.82. The smallest absolute Gasteiger partial charge is 0.338 e. The van der Waals surface area contributed by atoms with Crippen molar-refractivity contribution in [2.24, 2.45) is 7.05 Å². The number of carboxylic acids is 1. The van der Waals surface area contributed by atoms with Gasteiger partial charge in [-0.15, -0.1) is 0 Å². The Morgan fingerprint density at radius 2 is 2.20 bits per heavy atom. The number of aromatic amines is 1. The molecule has 2 heterocycles. The van der Waals surface area contributed by atoms with Crippen molar-refractivity contribution in [1.29, 1.82) is 0 Å². The molecule has 3 rings (SSSR count). The predicted molar refractivity (Wildman–Crippen MR) is 70.0 cm³/mol. The molecule has 6 nitrogen and oxygen atoms in total. The molecule has 20 heavy (non-hydrogen) atoms. The van der Waals surface area contributed by atoms with E-state index in [0.717, 1.165) is 17.3 Å². The lowest BCUT2D eigenvalue weighted by atomic mass is 10.2. The first kappa shape index (κ1) is 12.3. The van der Waals surface area contributed by atoms with Gasteiger partial charge in [0.25, 0.3) is 0 Å². The Balaban J connectivity index is 2.28. The van der Waals surface area contributed by atoms with Crippen LogP contribution in [0.25, 0.3) is 22.4 Å². The number of benzene rings is 1. The third-order valence-electron chi connectivity index (χ3n) is 3.05. The molecule has 0 unspecified atom stereocenters. The second kappa shape index (κ2) is 4.16. The molecule has 102 valence electrons. The molecule has 0 aliphatic carbocycles. The van der Waals surface area contributed by atoms with Gasteiger partial charge in [0.15, 0.2) is 0 Å². The zero-order valence-corrected chi connectivity index (χ0v) is 10.8. The number of carboxylic acid groups (broad SMARTS) is 1. The van der Waals surface area contributed by atoms with Gasteiger partial charge in [-0.25, -0.2) is 14.2 Å². The minimum absolute atomic E-state index is 0.163. The maximum atomic E-state index is 13.4. The third kappa shape index (κ3) is 1.83.